The van der Waals surface area contributed by atoms with Crippen LogP contribution < -0.4 is 4.90 Å². The summed E-state index contributed by atoms with van der Waals surface area (Å²) in [5.74, 6) is -0.236. The quantitative estimate of drug-likeness (QED) is 0.377. The Labute approximate surface area is 221 Å². The molecule has 1 atom stereocenters. The molecule has 2 heterocycles. The highest BCUT2D eigenvalue weighted by Gasteiger charge is 2.30. The van der Waals surface area contributed by atoms with Crippen LogP contribution in [0.4, 0.5) is 5.13 Å². The van der Waals surface area contributed by atoms with Crippen LogP contribution in [0.5, 0.6) is 0 Å². The summed E-state index contributed by atoms with van der Waals surface area (Å²) in [6.07, 6.45) is 6.82. The van der Waals surface area contributed by atoms with Crippen molar-refractivity contribution in [1.29, 1.82) is 0 Å². The molecule has 3 aromatic rings. The van der Waals surface area contributed by atoms with Gasteiger partial charge in [0.25, 0.3) is 5.91 Å². The molecule has 0 radical (unpaired) electrons. The number of thiazole rings is 1. The van der Waals surface area contributed by atoms with Gasteiger partial charge in [-0.3, -0.25) is 9.69 Å². The van der Waals surface area contributed by atoms with E-state index in [1.165, 1.54) is 27.8 Å². The number of carbonyl (C=O) groups excluding carboxylic acids is 1. The highest BCUT2D eigenvalue weighted by Crippen LogP contribution is 2.33. The predicted molar refractivity (Wildman–Crippen MR) is 144 cm³/mol. The summed E-state index contributed by atoms with van der Waals surface area (Å²) in [4.78, 5) is 20.2. The van der Waals surface area contributed by atoms with E-state index in [0.29, 0.717) is 28.9 Å². The Morgan fingerprint density at radius 2 is 1.83 bits per heavy atom. The van der Waals surface area contributed by atoms with E-state index in [4.69, 9.17) is 16.3 Å². The van der Waals surface area contributed by atoms with E-state index in [1.54, 1.807) is 30.1 Å². The topological polar surface area (TPSA) is 79.8 Å². The van der Waals surface area contributed by atoms with Gasteiger partial charge in [0, 0.05) is 30.3 Å². The molecule has 2 fully saturated rings. The Bertz CT molecular complexity index is 1330. The molecule has 7 nitrogen and oxygen atoms in total. The van der Waals surface area contributed by atoms with Crippen LogP contribution in [-0.2, 0) is 14.8 Å². The van der Waals surface area contributed by atoms with Crippen LogP contribution in [0.3, 0.4) is 0 Å². The second-order valence-electron chi connectivity index (χ2n) is 9.50. The molecular formula is C26H30ClN3O4S2. The van der Waals surface area contributed by atoms with E-state index < -0.39 is 10.0 Å². The van der Waals surface area contributed by atoms with E-state index in [1.807, 2.05) is 12.1 Å². The SMILES string of the molecule is CN(C1CCCCC1)S(=O)(=O)c1ccc(C(=O)N(CC2CCCO2)c2nc3ccc(Cl)cc3s2)cc1. The zero-order valence-corrected chi connectivity index (χ0v) is 22.6. The number of hydrogen-bond acceptors (Lipinski definition) is 6. The monoisotopic (exact) mass is 547 g/mol. The van der Waals surface area contributed by atoms with Crippen molar-refractivity contribution in [3.05, 3.63) is 53.1 Å². The van der Waals surface area contributed by atoms with Gasteiger partial charge in [-0.25, -0.2) is 13.4 Å². The summed E-state index contributed by atoms with van der Waals surface area (Å²) in [5, 5.41) is 1.19. The molecule has 0 bridgehead atoms. The predicted octanol–water partition coefficient (Wildman–Crippen LogP) is 5.73. The average molecular weight is 548 g/mol. The maximum absolute atomic E-state index is 13.7. The van der Waals surface area contributed by atoms with Gasteiger partial charge in [-0.05, 0) is 68.1 Å². The van der Waals surface area contributed by atoms with Crippen molar-refractivity contribution in [3.8, 4) is 0 Å². The van der Waals surface area contributed by atoms with Crippen molar-refractivity contribution in [1.82, 2.24) is 9.29 Å². The van der Waals surface area contributed by atoms with Gasteiger partial charge in [-0.2, -0.15) is 4.31 Å². The van der Waals surface area contributed by atoms with Crippen LogP contribution in [0.2, 0.25) is 5.02 Å². The van der Waals surface area contributed by atoms with E-state index in [2.05, 4.69) is 4.98 Å². The average Bonchev–Trinajstić information content (AvgIpc) is 3.56. The first-order valence-electron chi connectivity index (χ1n) is 12.4. The number of nitrogens with zero attached hydrogens (tertiary/aromatic N) is 3. The van der Waals surface area contributed by atoms with Gasteiger partial charge in [0.2, 0.25) is 10.0 Å². The molecule has 1 unspecified atom stereocenters. The van der Waals surface area contributed by atoms with Crippen LogP contribution in [0.1, 0.15) is 55.3 Å². The fourth-order valence-electron chi connectivity index (χ4n) is 4.97. The summed E-state index contributed by atoms with van der Waals surface area (Å²) in [6.45, 7) is 1.07. The van der Waals surface area contributed by atoms with Gasteiger partial charge in [0.05, 0.1) is 27.8 Å². The first kappa shape index (κ1) is 25.6. The first-order chi connectivity index (χ1) is 17.3. The summed E-state index contributed by atoms with van der Waals surface area (Å²) in [7, 11) is -1.97. The highest BCUT2D eigenvalue weighted by molar-refractivity contribution is 7.89. The number of aromatic nitrogens is 1. The minimum absolute atomic E-state index is 0.0273. The normalized spacial score (nSPS) is 19.2. The third kappa shape index (κ3) is 5.31. The van der Waals surface area contributed by atoms with Gasteiger partial charge in [0.15, 0.2) is 5.13 Å². The Kier molecular flexibility index (Phi) is 7.65. The summed E-state index contributed by atoms with van der Waals surface area (Å²) in [5.41, 5.74) is 1.18. The van der Waals surface area contributed by atoms with Crippen molar-refractivity contribution >= 4 is 54.2 Å². The van der Waals surface area contributed by atoms with Crippen molar-refractivity contribution in [3.63, 3.8) is 0 Å². The molecule has 10 heteroatoms. The molecular weight excluding hydrogens is 518 g/mol. The number of benzene rings is 2. The third-order valence-electron chi connectivity index (χ3n) is 7.09. The second kappa shape index (κ2) is 10.8. The van der Waals surface area contributed by atoms with Gasteiger partial charge < -0.3 is 4.74 Å². The van der Waals surface area contributed by atoms with Crippen molar-refractivity contribution in [2.45, 2.75) is 62.0 Å². The lowest BCUT2D eigenvalue weighted by atomic mass is 9.96. The fraction of sp³-hybridized carbons (Fsp3) is 0.462. The molecule has 1 amide bonds. The van der Waals surface area contributed by atoms with Crippen molar-refractivity contribution in [2.24, 2.45) is 0 Å². The lowest BCUT2D eigenvalue weighted by molar-refractivity contribution is 0.0917. The van der Waals surface area contributed by atoms with Crippen LogP contribution in [-0.4, -0.2) is 56.0 Å². The number of anilines is 1. The zero-order valence-electron chi connectivity index (χ0n) is 20.2. The molecule has 2 aliphatic rings. The van der Waals surface area contributed by atoms with Crippen LogP contribution in [0.15, 0.2) is 47.4 Å². The molecule has 5 rings (SSSR count). The lowest BCUT2D eigenvalue weighted by Crippen LogP contribution is -2.38. The number of fused-ring (bicyclic) bond motifs is 1. The summed E-state index contributed by atoms with van der Waals surface area (Å²) < 4.78 is 34.6. The molecule has 1 aliphatic carbocycles. The maximum atomic E-state index is 13.7. The maximum Gasteiger partial charge on any atom is 0.260 e. The highest BCUT2D eigenvalue weighted by atomic mass is 35.5. The number of halogens is 1. The molecule has 1 aromatic heterocycles. The Hall–Kier alpha value is -2.04. The standard InChI is InChI=1S/C26H30ClN3O4S2/c1-29(20-6-3-2-4-7-20)36(32,33)22-12-9-18(10-13-22)25(31)30(17-21-8-5-15-34-21)26-28-23-14-11-19(27)16-24(23)35-26/h9-14,16,20-21H,2-8,15,17H2,1H3. The minimum atomic E-state index is -3.63. The smallest absolute Gasteiger partial charge is 0.260 e. The van der Waals surface area contributed by atoms with Gasteiger partial charge in [-0.15, -0.1) is 0 Å². The summed E-state index contributed by atoms with van der Waals surface area (Å²) in [6, 6.07) is 11.7. The largest absolute Gasteiger partial charge is 0.376 e. The van der Waals surface area contributed by atoms with E-state index in [9.17, 15) is 13.2 Å². The minimum Gasteiger partial charge on any atom is -0.376 e. The van der Waals surface area contributed by atoms with E-state index in [0.717, 1.165) is 55.2 Å². The molecule has 36 heavy (non-hydrogen) atoms. The number of carbonyl (C=O) groups is 1. The number of hydrogen-bond donors (Lipinski definition) is 0. The van der Waals surface area contributed by atoms with Crippen molar-refractivity contribution < 1.29 is 17.9 Å². The van der Waals surface area contributed by atoms with Gasteiger partial charge >= 0.3 is 0 Å². The van der Waals surface area contributed by atoms with Gasteiger partial charge in [0.1, 0.15) is 0 Å². The third-order valence-corrected chi connectivity index (χ3v) is 10.3. The Morgan fingerprint density at radius 1 is 1.08 bits per heavy atom. The molecule has 0 spiro atoms. The van der Waals surface area contributed by atoms with Crippen LogP contribution in [0.25, 0.3) is 10.2 Å². The number of rotatable bonds is 7. The summed E-state index contributed by atoms with van der Waals surface area (Å²) >= 11 is 7.56. The molecule has 0 N–H and O–H groups in total. The van der Waals surface area contributed by atoms with Gasteiger partial charge in [-0.1, -0.05) is 42.2 Å². The molecule has 1 aliphatic heterocycles. The Morgan fingerprint density at radius 3 is 2.53 bits per heavy atom. The van der Waals surface area contributed by atoms with Crippen molar-refractivity contribution in [2.75, 3.05) is 25.1 Å². The van der Waals surface area contributed by atoms with Crippen LogP contribution in [0, 0.1) is 0 Å². The number of amides is 1. The Balaban J connectivity index is 1.41. The lowest BCUT2D eigenvalue weighted by Gasteiger charge is -2.30. The second-order valence-corrected chi connectivity index (χ2v) is 12.9. The number of ether oxygens (including phenoxy) is 1. The molecule has 2 aromatic carbocycles. The molecule has 1 saturated heterocycles. The molecule has 192 valence electrons. The first-order valence-corrected chi connectivity index (χ1v) is 15.0. The zero-order chi connectivity index (χ0) is 25.3. The number of sulfonamides is 1. The molecule has 1 saturated carbocycles. The van der Waals surface area contributed by atoms with Crippen LogP contribution >= 0.6 is 22.9 Å². The van der Waals surface area contributed by atoms with E-state index in [-0.39, 0.29) is 22.9 Å². The van der Waals surface area contributed by atoms with E-state index >= 15 is 0 Å². The fourth-order valence-corrected chi connectivity index (χ4v) is 7.64.